The van der Waals surface area contributed by atoms with Gasteiger partial charge in [-0.25, -0.2) is 0 Å². The van der Waals surface area contributed by atoms with Crippen molar-refractivity contribution < 1.29 is 59.4 Å². The summed E-state index contributed by atoms with van der Waals surface area (Å²) in [6.07, 6.45) is 6.62. The maximum atomic E-state index is 12.6. The van der Waals surface area contributed by atoms with Crippen molar-refractivity contribution in [2.75, 3.05) is 0 Å². The molecule has 8 nitrogen and oxygen atoms in total. The van der Waals surface area contributed by atoms with Crippen LogP contribution in [0.25, 0.3) is 43.1 Å². The van der Waals surface area contributed by atoms with Gasteiger partial charge in [0.1, 0.15) is 0 Å². The molecule has 0 fully saturated rings. The van der Waals surface area contributed by atoms with Gasteiger partial charge in [-0.05, 0) is 129 Å². The van der Waals surface area contributed by atoms with Gasteiger partial charge in [-0.3, -0.25) is 20.0 Å². The number of nitrogens with zero attached hydrogens (tertiary/aromatic N) is 4. The van der Waals surface area contributed by atoms with Crippen LogP contribution in [0.3, 0.4) is 0 Å². The maximum Gasteiger partial charge on any atom is 2.00 e. The summed E-state index contributed by atoms with van der Waals surface area (Å²) in [4.78, 5) is 19.0. The van der Waals surface area contributed by atoms with Crippen LogP contribution in [0.15, 0.2) is 178 Å². The van der Waals surface area contributed by atoms with Crippen molar-refractivity contribution in [3.8, 4) is 23.0 Å². The van der Waals surface area contributed by atoms with Crippen molar-refractivity contribution in [3.05, 3.63) is 213 Å². The summed E-state index contributed by atoms with van der Waals surface area (Å²) >= 11 is 0. The minimum Gasteiger partial charge on any atom is -0.872 e. The molecule has 0 bridgehead atoms. The second-order valence-corrected chi connectivity index (χ2v) is 17.5. The molecule has 0 radical (unpaired) electrons. The van der Waals surface area contributed by atoms with Crippen LogP contribution in [0.1, 0.15) is 55.6 Å². The Morgan fingerprint density at radius 1 is 0.292 bits per heavy atom. The van der Waals surface area contributed by atoms with E-state index in [2.05, 4.69) is 0 Å². The van der Waals surface area contributed by atoms with Gasteiger partial charge < -0.3 is 20.4 Å². The predicted octanol–water partition coefficient (Wildman–Crippen LogP) is 13.1. The minimum absolute atomic E-state index is 0. The number of benzene rings is 10. The zero-order valence-electron chi connectivity index (χ0n) is 41.2. The van der Waals surface area contributed by atoms with Gasteiger partial charge in [0.2, 0.25) is 0 Å². The fraction of sp³-hybridized carbons (Fsp3) is 0.0968. The zero-order chi connectivity index (χ0) is 49.1. The van der Waals surface area contributed by atoms with Crippen molar-refractivity contribution >= 4 is 90.7 Å². The van der Waals surface area contributed by atoms with Gasteiger partial charge in [0.15, 0.2) is 0 Å². The van der Waals surface area contributed by atoms with Gasteiger partial charge in [-0.15, -0.1) is 0 Å². The van der Waals surface area contributed by atoms with Crippen LogP contribution in [0.2, 0.25) is 0 Å². The normalized spacial score (nSPS) is 11.5. The fourth-order valence-corrected chi connectivity index (χ4v) is 9.28. The molecule has 10 aromatic carbocycles. The molecule has 0 aliphatic carbocycles. The number of hydrogen-bond donors (Lipinski definition) is 0. The van der Waals surface area contributed by atoms with Gasteiger partial charge in [-0.1, -0.05) is 181 Å². The van der Waals surface area contributed by atoms with Crippen molar-refractivity contribution in [3.63, 3.8) is 0 Å². The number of aryl methyl sites for hydroxylation is 4. The first kappa shape index (κ1) is 52.2. The Morgan fingerprint density at radius 2 is 0.500 bits per heavy atom. The van der Waals surface area contributed by atoms with E-state index in [0.717, 1.165) is 99.2 Å². The van der Waals surface area contributed by atoms with E-state index in [1.807, 2.05) is 175 Å². The number of fused-ring (bicyclic) bond motifs is 4. The van der Waals surface area contributed by atoms with Crippen LogP contribution < -0.4 is 20.4 Å². The molecule has 0 unspecified atom stereocenters. The Labute approximate surface area is 445 Å². The first-order valence-electron chi connectivity index (χ1n) is 23.0. The second kappa shape index (κ2) is 22.6. The van der Waals surface area contributed by atoms with Crippen LogP contribution >= 0.6 is 0 Å². The number of aliphatic imine (C=N–C) groups is 4. The second-order valence-electron chi connectivity index (χ2n) is 17.5. The van der Waals surface area contributed by atoms with E-state index in [1.165, 1.54) is 0 Å². The monoisotopic (exact) mass is 1040 g/mol. The van der Waals surface area contributed by atoms with Gasteiger partial charge in [0, 0.05) is 36.0 Å². The van der Waals surface area contributed by atoms with Crippen LogP contribution in [-0.2, 0) is 39.0 Å². The maximum absolute atomic E-state index is 12.6. The van der Waals surface area contributed by atoms with E-state index < -0.39 is 0 Å². The number of rotatable bonds is 8. The average molecular weight is 1040 g/mol. The number of hydrogen-bond acceptors (Lipinski definition) is 8. The molecular weight excluding hydrogens is 995 g/mol. The molecule has 72 heavy (non-hydrogen) atoms. The van der Waals surface area contributed by atoms with Gasteiger partial charge in [0.25, 0.3) is 0 Å². The summed E-state index contributed by atoms with van der Waals surface area (Å²) in [5.41, 5.74) is 11.2. The van der Waals surface area contributed by atoms with Crippen LogP contribution in [0.5, 0.6) is 23.0 Å². The molecule has 10 heteroatoms. The smallest absolute Gasteiger partial charge is 0.872 e. The standard InChI is InChI=1S/2C31H26N2O2.2Zn/c2*1-19-16-20(2)31(33-18-27-25-11-7-5-9-23(25)13-15-29(27)35)21(3)30(19)32-17-26-24-10-6-4-8-22(24)12-14-28(26)34;;/h2*4-18,34-35H,1-3H3;;/q;;2*+2/p-4. The SMILES string of the molecule is Cc1cc(C)c(N=Cc2c([O-])ccc3ccccc23)c(C)c1N=Cc1c([O-])ccc2ccccc12.Cc1cc(C)c(N=Cc2c([O-])ccc3ccccc23)c(C)c1N=Cc1c([O-])ccc2ccccc12.[Zn+2].[Zn+2]. The van der Waals surface area contributed by atoms with Crippen molar-refractivity contribution in [1.82, 2.24) is 0 Å². The average Bonchev–Trinajstić information content (AvgIpc) is 3.36. The Balaban J connectivity index is 0.000000206. The Hall–Kier alpha value is -7.63. The summed E-state index contributed by atoms with van der Waals surface area (Å²) in [7, 11) is 0. The molecule has 0 aromatic heterocycles. The molecular formula is C62H48N4O4Zn2. The molecule has 0 N–H and O–H groups in total. The Morgan fingerprint density at radius 3 is 0.722 bits per heavy atom. The van der Waals surface area contributed by atoms with Crippen LogP contribution in [0.4, 0.5) is 22.7 Å². The summed E-state index contributed by atoms with van der Waals surface area (Å²) in [5, 5.41) is 57.9. The van der Waals surface area contributed by atoms with Crippen molar-refractivity contribution in [1.29, 1.82) is 0 Å². The van der Waals surface area contributed by atoms with E-state index in [1.54, 1.807) is 49.1 Å². The first-order chi connectivity index (χ1) is 33.9. The van der Waals surface area contributed by atoms with Crippen LogP contribution in [0, 0.1) is 41.5 Å². The zero-order valence-corrected chi connectivity index (χ0v) is 47.1. The molecule has 10 rings (SSSR count). The molecule has 0 saturated heterocycles. The molecule has 0 aliphatic heterocycles. The van der Waals surface area contributed by atoms with E-state index in [4.69, 9.17) is 20.0 Å². The topological polar surface area (TPSA) is 142 Å². The molecule has 0 heterocycles. The molecule has 10 aromatic rings. The molecule has 0 spiro atoms. The summed E-state index contributed by atoms with van der Waals surface area (Å²) in [6, 6.07) is 48.9. The molecule has 0 atom stereocenters. The summed E-state index contributed by atoms with van der Waals surface area (Å²) in [5.74, 6) is -0.252. The minimum atomic E-state index is -0.0629. The summed E-state index contributed by atoms with van der Waals surface area (Å²) in [6.45, 7) is 12.0. The quantitative estimate of drug-likeness (QED) is 0.110. The van der Waals surface area contributed by atoms with E-state index in [-0.39, 0.29) is 62.0 Å². The third-order valence-electron chi connectivity index (χ3n) is 12.8. The first-order valence-corrected chi connectivity index (χ1v) is 23.0. The van der Waals surface area contributed by atoms with Crippen molar-refractivity contribution in [2.45, 2.75) is 41.5 Å². The molecule has 0 aliphatic rings. The Bertz CT molecular complexity index is 3320. The van der Waals surface area contributed by atoms with Gasteiger partial charge in [0.05, 0.1) is 22.7 Å². The third kappa shape index (κ3) is 10.7. The van der Waals surface area contributed by atoms with Crippen LogP contribution in [-0.4, -0.2) is 24.9 Å². The van der Waals surface area contributed by atoms with Gasteiger partial charge >= 0.3 is 39.0 Å². The fourth-order valence-electron chi connectivity index (χ4n) is 9.28. The van der Waals surface area contributed by atoms with Crippen molar-refractivity contribution in [2.24, 2.45) is 20.0 Å². The summed E-state index contributed by atoms with van der Waals surface area (Å²) < 4.78 is 0. The predicted molar refractivity (Wildman–Crippen MR) is 284 cm³/mol. The van der Waals surface area contributed by atoms with E-state index >= 15 is 0 Å². The van der Waals surface area contributed by atoms with E-state index in [9.17, 15) is 20.4 Å². The van der Waals surface area contributed by atoms with Gasteiger partial charge in [-0.2, -0.15) is 0 Å². The molecule has 0 saturated carbocycles. The largest absolute Gasteiger partial charge is 2.00 e. The Kier molecular flexibility index (Phi) is 16.4. The molecule has 0 amide bonds. The third-order valence-corrected chi connectivity index (χ3v) is 12.8. The molecule has 344 valence electrons. The van der Waals surface area contributed by atoms with E-state index in [0.29, 0.717) is 22.3 Å².